The van der Waals surface area contributed by atoms with Gasteiger partial charge in [0.25, 0.3) is 11.8 Å². The van der Waals surface area contributed by atoms with Gasteiger partial charge in [-0.25, -0.2) is 4.79 Å². The average molecular weight is 1100 g/mol. The quantitative estimate of drug-likeness (QED) is 0.122. The fourth-order valence-electron chi connectivity index (χ4n) is 10.8. The van der Waals surface area contributed by atoms with E-state index in [0.29, 0.717) is 85.0 Å². The first-order valence-electron chi connectivity index (χ1n) is 25.9. The third kappa shape index (κ3) is 12.4. The fraction of sp³-hybridized carbons (Fsp3) is 0.500. The summed E-state index contributed by atoms with van der Waals surface area (Å²) in [7, 11) is 0. The van der Waals surface area contributed by atoms with Crippen LogP contribution >= 0.6 is 39.1 Å². The fourth-order valence-corrected chi connectivity index (χ4v) is 11.6. The van der Waals surface area contributed by atoms with Crippen molar-refractivity contribution in [3.63, 3.8) is 0 Å². The van der Waals surface area contributed by atoms with Gasteiger partial charge >= 0.3 is 6.09 Å². The van der Waals surface area contributed by atoms with E-state index in [1.165, 1.54) is 31.8 Å². The van der Waals surface area contributed by atoms with Crippen LogP contribution in [0.2, 0.25) is 10.0 Å². The Hall–Kier alpha value is -5.06. The number of fused-ring (bicyclic) bond motifs is 3. The molecule has 6 heterocycles. The second kappa shape index (κ2) is 22.8. The molecule has 4 aromatic carbocycles. The number of phenols is 1. The van der Waals surface area contributed by atoms with Crippen LogP contribution in [0, 0.1) is 11.8 Å². The molecule has 0 saturated carbocycles. The molecule has 4 aromatic rings. The van der Waals surface area contributed by atoms with Gasteiger partial charge in [0.15, 0.2) is 12.2 Å². The third-order valence-electron chi connectivity index (χ3n) is 14.6. The smallest absolute Gasteiger partial charge is 0.410 e. The standard InChI is InChI=1S/C32H34ClN3O4.C24H33BrClN3O4/c1-2-31(38)35-18-21(19-35)20-36-28-17-27(33)26(25-15-23(37)14-22-8-3-4-9-24(22)25)16-30(28)40-29(32(36)39)10-7-13-34-11-5-6-12-34;1-24(2,3)33-23(31)28-13-16(14-28)15-29-19-12-18(26)17(25)11-21(19)32-20(22(29)30)7-6-10-27-8-4-5-9-27/h2-4,8-9,14-17,21,29,37H,1,5-7,10-13,18-20H2;11-12,16,20H,4-10,13-15H2,1-3H3. The number of hydrogen-bond acceptors (Lipinski definition) is 10. The molecule has 4 fully saturated rings. The van der Waals surface area contributed by atoms with Gasteiger partial charge in [-0.15, -0.1) is 0 Å². The number of ether oxygens (including phenoxy) is 3. The lowest BCUT2D eigenvalue weighted by Crippen LogP contribution is -2.57. The van der Waals surface area contributed by atoms with Crippen molar-refractivity contribution in [3.8, 4) is 28.4 Å². The normalized spacial score (nSPS) is 20.4. The van der Waals surface area contributed by atoms with Gasteiger partial charge in [-0.2, -0.15) is 0 Å². The largest absolute Gasteiger partial charge is 0.508 e. The molecule has 6 aliphatic rings. The predicted octanol–water partition coefficient (Wildman–Crippen LogP) is 10.4. The minimum atomic E-state index is -0.587. The van der Waals surface area contributed by atoms with E-state index in [1.54, 1.807) is 43.9 Å². The number of carbonyl (C=O) groups excluding carboxylic acids is 4. The van der Waals surface area contributed by atoms with Gasteiger partial charge in [0.2, 0.25) is 5.91 Å². The number of anilines is 2. The van der Waals surface area contributed by atoms with Crippen molar-refractivity contribution in [3.05, 3.63) is 87.8 Å². The molecule has 0 aliphatic carbocycles. The first-order valence-corrected chi connectivity index (χ1v) is 27.4. The average Bonchev–Trinajstić information content (AvgIpc) is 4.06. The maximum absolute atomic E-state index is 13.8. The van der Waals surface area contributed by atoms with Crippen LogP contribution < -0.4 is 19.3 Å². The molecule has 4 amide bonds. The topological polar surface area (TPSA) is 136 Å². The van der Waals surface area contributed by atoms with E-state index in [-0.39, 0.29) is 41.4 Å². The van der Waals surface area contributed by atoms with Gasteiger partial charge in [0.1, 0.15) is 22.8 Å². The number of phenolic OH excluding ortho intramolecular Hbond substituents is 1. The maximum atomic E-state index is 13.8. The van der Waals surface area contributed by atoms with Crippen LogP contribution in [0.4, 0.5) is 16.2 Å². The number of halogens is 3. The number of amides is 4. The predicted molar refractivity (Wildman–Crippen MR) is 290 cm³/mol. The zero-order valence-corrected chi connectivity index (χ0v) is 45.2. The van der Waals surface area contributed by atoms with Crippen LogP contribution in [-0.2, 0) is 19.1 Å². The van der Waals surface area contributed by atoms with Crippen LogP contribution in [0.25, 0.3) is 21.9 Å². The zero-order valence-electron chi connectivity index (χ0n) is 42.1. The van der Waals surface area contributed by atoms with E-state index in [2.05, 4.69) is 32.3 Å². The summed E-state index contributed by atoms with van der Waals surface area (Å²) in [6.45, 7) is 19.0. The highest BCUT2D eigenvalue weighted by Crippen LogP contribution is 2.46. The summed E-state index contributed by atoms with van der Waals surface area (Å²) in [6, 6.07) is 18.6. The molecule has 4 saturated heterocycles. The first kappa shape index (κ1) is 52.8. The highest BCUT2D eigenvalue weighted by molar-refractivity contribution is 9.10. The Morgan fingerprint density at radius 2 is 1.26 bits per heavy atom. The summed E-state index contributed by atoms with van der Waals surface area (Å²) >= 11 is 16.7. The first-order chi connectivity index (χ1) is 35.0. The number of hydrogen-bond donors (Lipinski definition) is 1. The van der Waals surface area contributed by atoms with Gasteiger partial charge < -0.3 is 48.7 Å². The van der Waals surface area contributed by atoms with E-state index < -0.39 is 17.8 Å². The Labute approximate surface area is 447 Å². The highest BCUT2D eigenvalue weighted by atomic mass is 79.9. The third-order valence-corrected chi connectivity index (χ3v) is 16.1. The van der Waals surface area contributed by atoms with E-state index >= 15 is 0 Å². The lowest BCUT2D eigenvalue weighted by molar-refractivity contribution is -0.132. The summed E-state index contributed by atoms with van der Waals surface area (Å²) < 4.78 is 18.7. The molecule has 2 unspecified atom stereocenters. The molecule has 1 N–H and O–H groups in total. The maximum Gasteiger partial charge on any atom is 0.410 e. The van der Waals surface area contributed by atoms with Crippen LogP contribution in [-0.4, -0.2) is 145 Å². The van der Waals surface area contributed by atoms with Crippen LogP contribution in [0.3, 0.4) is 0 Å². The van der Waals surface area contributed by atoms with E-state index in [9.17, 15) is 24.3 Å². The summed E-state index contributed by atoms with van der Waals surface area (Å²) in [6.07, 6.45) is 8.03. The van der Waals surface area contributed by atoms with Crippen LogP contribution in [0.1, 0.15) is 72.1 Å². The monoisotopic (exact) mass is 1100 g/mol. The SMILES string of the molecule is C=CC(=O)N1CC(CN2C(=O)C(CCCN3CCCC3)Oc3cc(-c4cc(O)cc5ccccc45)c(Cl)cc32)C1.CC(C)(C)OC(=O)N1CC(CN2C(=O)C(CCCN3CCCC3)Oc3cc(Br)c(Cl)cc32)C1. The molecule has 14 nitrogen and oxygen atoms in total. The van der Waals surface area contributed by atoms with Crippen molar-refractivity contribution in [2.45, 2.75) is 89.9 Å². The number of likely N-dealkylation sites (tertiary alicyclic amines) is 4. The van der Waals surface area contributed by atoms with Gasteiger partial charge in [-0.1, -0.05) is 54.0 Å². The van der Waals surface area contributed by atoms with Crippen molar-refractivity contribution in [1.82, 2.24) is 19.6 Å². The molecule has 0 radical (unpaired) electrons. The number of nitrogens with zero attached hydrogens (tertiary/aromatic N) is 6. The Kier molecular flexibility index (Phi) is 16.5. The van der Waals surface area contributed by atoms with E-state index in [4.69, 9.17) is 37.4 Å². The molecule has 10 rings (SSSR count). The van der Waals surface area contributed by atoms with E-state index in [1.807, 2.05) is 57.2 Å². The summed E-state index contributed by atoms with van der Waals surface area (Å²) in [5.41, 5.74) is 2.36. The molecule has 17 heteroatoms. The number of aromatic hydroxyl groups is 1. The molecule has 2 atom stereocenters. The Morgan fingerprint density at radius 3 is 1.81 bits per heavy atom. The number of benzene rings is 4. The number of carbonyl (C=O) groups is 4. The van der Waals surface area contributed by atoms with E-state index in [0.717, 1.165) is 78.5 Å². The van der Waals surface area contributed by atoms with Gasteiger partial charge in [0, 0.05) is 61.1 Å². The minimum absolute atomic E-state index is 0.0296. The molecule has 73 heavy (non-hydrogen) atoms. The molecular weight excluding hydrogens is 1040 g/mol. The lowest BCUT2D eigenvalue weighted by Gasteiger charge is -2.43. The molecule has 390 valence electrons. The molecule has 6 aliphatic heterocycles. The summed E-state index contributed by atoms with van der Waals surface area (Å²) in [5.74, 6) is 1.60. The van der Waals surface area contributed by atoms with Gasteiger partial charge in [-0.05, 0) is 186 Å². The second-order valence-corrected chi connectivity index (χ2v) is 23.0. The molecular formula is C56H67BrCl2N6O8. The van der Waals surface area contributed by atoms with Crippen molar-refractivity contribution in [1.29, 1.82) is 0 Å². The summed E-state index contributed by atoms with van der Waals surface area (Å²) in [5, 5.41) is 13.3. The molecule has 0 bridgehead atoms. The van der Waals surface area contributed by atoms with Gasteiger partial charge in [0.05, 0.1) is 21.4 Å². The summed E-state index contributed by atoms with van der Waals surface area (Å²) in [4.78, 5) is 63.4. The van der Waals surface area contributed by atoms with Crippen molar-refractivity contribution in [2.24, 2.45) is 11.8 Å². The Balaban J connectivity index is 0.000000183. The Morgan fingerprint density at radius 1 is 0.740 bits per heavy atom. The highest BCUT2D eigenvalue weighted by Gasteiger charge is 2.42. The molecule has 0 aromatic heterocycles. The second-order valence-electron chi connectivity index (χ2n) is 21.3. The lowest BCUT2D eigenvalue weighted by atomic mass is 9.95. The van der Waals surface area contributed by atoms with Crippen LogP contribution in [0.5, 0.6) is 17.2 Å². The van der Waals surface area contributed by atoms with Crippen LogP contribution in [0.15, 0.2) is 77.8 Å². The number of rotatable bonds is 14. The van der Waals surface area contributed by atoms with Crippen molar-refractivity contribution in [2.75, 3.05) is 88.3 Å². The Bertz CT molecular complexity index is 2710. The van der Waals surface area contributed by atoms with Crippen molar-refractivity contribution < 1.29 is 38.5 Å². The zero-order chi connectivity index (χ0) is 51.6. The van der Waals surface area contributed by atoms with Crippen molar-refractivity contribution >= 4 is 85.1 Å². The molecule has 0 spiro atoms. The minimum Gasteiger partial charge on any atom is -0.508 e. The van der Waals surface area contributed by atoms with Gasteiger partial charge in [-0.3, -0.25) is 14.4 Å².